The van der Waals surface area contributed by atoms with Gasteiger partial charge in [-0.3, -0.25) is 14.9 Å². The van der Waals surface area contributed by atoms with Crippen molar-refractivity contribution < 1.29 is 19.2 Å². The molecular formula is C26H30N2O5. The first kappa shape index (κ1) is 24.2. The highest BCUT2D eigenvalue weighted by Gasteiger charge is 2.37. The topological polar surface area (TPSA) is 89.8 Å². The van der Waals surface area contributed by atoms with Crippen LogP contribution in [0.2, 0.25) is 0 Å². The van der Waals surface area contributed by atoms with Crippen LogP contribution in [0.1, 0.15) is 55.4 Å². The second-order valence-corrected chi connectivity index (χ2v) is 9.02. The van der Waals surface area contributed by atoms with Gasteiger partial charge >= 0.3 is 5.97 Å². The molecule has 174 valence electrons. The Bertz CT molecular complexity index is 1120. The zero-order valence-corrected chi connectivity index (χ0v) is 19.8. The summed E-state index contributed by atoms with van der Waals surface area (Å²) in [5.74, 6) is -0.785. The summed E-state index contributed by atoms with van der Waals surface area (Å²) in [7, 11) is 0. The van der Waals surface area contributed by atoms with E-state index in [1.54, 1.807) is 19.1 Å². The van der Waals surface area contributed by atoms with Gasteiger partial charge in [-0.2, -0.15) is 0 Å². The van der Waals surface area contributed by atoms with Gasteiger partial charge in [0.15, 0.2) is 0 Å². The molecule has 1 amide bonds. The summed E-state index contributed by atoms with van der Waals surface area (Å²) < 4.78 is 5.60. The van der Waals surface area contributed by atoms with E-state index >= 15 is 0 Å². The third kappa shape index (κ3) is 5.48. The average Bonchev–Trinajstić information content (AvgIpc) is 2.76. The molecule has 1 aliphatic rings. The minimum absolute atomic E-state index is 0.0385. The van der Waals surface area contributed by atoms with Gasteiger partial charge in [-0.05, 0) is 43.4 Å². The standard InChI is InChI=1S/C26H30N2O5/c1-16(2)15-33-26(30)25-19(5)27(14-20-7-6-8-21(12-20)28(31)32)24(29)13-23(25)22-11-17(3)9-10-18(22)4/h6-12,16,23H,13-15H2,1-5H3. The molecule has 0 saturated heterocycles. The van der Waals surface area contributed by atoms with Gasteiger partial charge < -0.3 is 9.64 Å². The van der Waals surface area contributed by atoms with Gasteiger partial charge in [0.2, 0.25) is 5.91 Å². The molecule has 2 aromatic carbocycles. The number of allylic oxidation sites excluding steroid dienone is 1. The third-order valence-electron chi connectivity index (χ3n) is 5.86. The van der Waals surface area contributed by atoms with E-state index in [-0.39, 0.29) is 37.1 Å². The summed E-state index contributed by atoms with van der Waals surface area (Å²) in [5, 5.41) is 11.2. The first-order valence-corrected chi connectivity index (χ1v) is 11.1. The van der Waals surface area contributed by atoms with Crippen LogP contribution in [0.25, 0.3) is 0 Å². The van der Waals surface area contributed by atoms with Gasteiger partial charge in [-0.15, -0.1) is 0 Å². The van der Waals surface area contributed by atoms with Crippen molar-refractivity contribution in [3.05, 3.63) is 86.1 Å². The molecule has 0 aromatic heterocycles. The van der Waals surface area contributed by atoms with Gasteiger partial charge in [0.05, 0.1) is 23.6 Å². The number of amides is 1. The minimum atomic E-state index is -0.463. The van der Waals surface area contributed by atoms with Crippen molar-refractivity contribution in [2.75, 3.05) is 6.61 Å². The predicted octanol–water partition coefficient (Wildman–Crippen LogP) is 5.20. The minimum Gasteiger partial charge on any atom is -0.462 e. The Balaban J connectivity index is 2.05. The normalized spacial score (nSPS) is 16.4. The van der Waals surface area contributed by atoms with Gasteiger partial charge in [0.25, 0.3) is 5.69 Å². The van der Waals surface area contributed by atoms with E-state index in [0.29, 0.717) is 16.8 Å². The monoisotopic (exact) mass is 450 g/mol. The molecule has 33 heavy (non-hydrogen) atoms. The van der Waals surface area contributed by atoms with Crippen molar-refractivity contribution in [2.24, 2.45) is 5.92 Å². The van der Waals surface area contributed by atoms with Crippen molar-refractivity contribution in [3.8, 4) is 0 Å². The van der Waals surface area contributed by atoms with Crippen LogP contribution in [0.15, 0.2) is 53.7 Å². The van der Waals surface area contributed by atoms with Crippen LogP contribution in [-0.2, 0) is 20.9 Å². The summed E-state index contributed by atoms with van der Waals surface area (Å²) in [4.78, 5) is 38.7. The lowest BCUT2D eigenvalue weighted by Gasteiger charge is -2.35. The number of aryl methyl sites for hydroxylation is 2. The molecule has 1 atom stereocenters. The summed E-state index contributed by atoms with van der Waals surface area (Å²) in [5.41, 5.74) is 4.57. The van der Waals surface area contributed by atoms with Crippen LogP contribution in [0, 0.1) is 29.9 Å². The Kier molecular flexibility index (Phi) is 7.31. The van der Waals surface area contributed by atoms with Crippen LogP contribution >= 0.6 is 0 Å². The fourth-order valence-corrected chi connectivity index (χ4v) is 4.14. The number of benzene rings is 2. The zero-order chi connectivity index (χ0) is 24.3. The highest BCUT2D eigenvalue weighted by molar-refractivity contribution is 5.96. The van der Waals surface area contributed by atoms with Crippen molar-refractivity contribution in [1.82, 2.24) is 4.90 Å². The number of nitro groups is 1. The fourth-order valence-electron chi connectivity index (χ4n) is 4.14. The summed E-state index contributed by atoms with van der Waals surface area (Å²) in [6.45, 7) is 10.1. The SMILES string of the molecule is CC1=C(C(=O)OCC(C)C)C(c2cc(C)ccc2C)CC(=O)N1Cc1cccc([N+](=O)[O-])c1. The lowest BCUT2D eigenvalue weighted by molar-refractivity contribution is -0.384. The molecule has 0 saturated carbocycles. The molecule has 0 N–H and O–H groups in total. The molecule has 0 aliphatic carbocycles. The summed E-state index contributed by atoms with van der Waals surface area (Å²) >= 11 is 0. The summed E-state index contributed by atoms with van der Waals surface area (Å²) in [6, 6.07) is 12.2. The van der Waals surface area contributed by atoms with Gasteiger partial charge in [0.1, 0.15) is 0 Å². The van der Waals surface area contributed by atoms with E-state index in [1.165, 1.54) is 17.0 Å². The molecular weight excluding hydrogens is 420 g/mol. The van der Waals surface area contributed by atoms with Crippen LogP contribution in [-0.4, -0.2) is 28.3 Å². The number of ether oxygens (including phenoxy) is 1. The molecule has 1 aliphatic heterocycles. The molecule has 0 bridgehead atoms. The maximum atomic E-state index is 13.2. The molecule has 0 fully saturated rings. The second kappa shape index (κ2) is 9.98. The third-order valence-corrected chi connectivity index (χ3v) is 5.86. The molecule has 1 heterocycles. The number of non-ortho nitro benzene ring substituents is 1. The molecule has 3 rings (SSSR count). The number of nitrogens with zero attached hydrogens (tertiary/aromatic N) is 2. The molecule has 1 unspecified atom stereocenters. The van der Waals surface area contributed by atoms with Gasteiger partial charge in [-0.25, -0.2) is 4.79 Å². The molecule has 7 nitrogen and oxygen atoms in total. The maximum absolute atomic E-state index is 13.2. The largest absolute Gasteiger partial charge is 0.462 e. The number of carbonyl (C=O) groups is 2. The highest BCUT2D eigenvalue weighted by Crippen LogP contribution is 2.39. The van der Waals surface area contributed by atoms with E-state index in [2.05, 4.69) is 0 Å². The van der Waals surface area contributed by atoms with E-state index in [9.17, 15) is 19.7 Å². The Labute approximate surface area is 194 Å². The van der Waals surface area contributed by atoms with E-state index < -0.39 is 16.8 Å². The maximum Gasteiger partial charge on any atom is 0.336 e. The van der Waals surface area contributed by atoms with Crippen molar-refractivity contribution >= 4 is 17.6 Å². The molecule has 0 radical (unpaired) electrons. The number of rotatable bonds is 7. The van der Waals surface area contributed by atoms with Crippen molar-refractivity contribution in [1.29, 1.82) is 0 Å². The summed E-state index contributed by atoms with van der Waals surface area (Å²) in [6.07, 6.45) is 0.128. The van der Waals surface area contributed by atoms with Crippen molar-refractivity contribution in [2.45, 2.75) is 53.5 Å². The molecule has 0 spiro atoms. The quantitative estimate of drug-likeness (QED) is 0.328. The van der Waals surface area contributed by atoms with Crippen LogP contribution in [0.5, 0.6) is 0 Å². The Hall–Kier alpha value is -3.48. The Morgan fingerprint density at radius 1 is 1.18 bits per heavy atom. The van der Waals surface area contributed by atoms with E-state index in [0.717, 1.165) is 16.7 Å². The Morgan fingerprint density at radius 2 is 1.91 bits per heavy atom. The number of carbonyl (C=O) groups excluding carboxylic acids is 2. The van der Waals surface area contributed by atoms with Crippen LogP contribution in [0.4, 0.5) is 5.69 Å². The van der Waals surface area contributed by atoms with E-state index in [4.69, 9.17) is 4.74 Å². The lowest BCUT2D eigenvalue weighted by Crippen LogP contribution is -2.38. The first-order chi connectivity index (χ1) is 15.6. The molecule has 2 aromatic rings. The van der Waals surface area contributed by atoms with Gasteiger partial charge in [0, 0.05) is 30.2 Å². The predicted molar refractivity (Wildman–Crippen MR) is 125 cm³/mol. The molecule has 7 heteroatoms. The lowest BCUT2D eigenvalue weighted by atomic mass is 9.81. The van der Waals surface area contributed by atoms with Crippen LogP contribution < -0.4 is 0 Å². The van der Waals surface area contributed by atoms with E-state index in [1.807, 2.05) is 45.9 Å². The number of esters is 1. The highest BCUT2D eigenvalue weighted by atomic mass is 16.6. The Morgan fingerprint density at radius 3 is 2.58 bits per heavy atom. The zero-order valence-electron chi connectivity index (χ0n) is 19.8. The fraction of sp³-hybridized carbons (Fsp3) is 0.385. The van der Waals surface area contributed by atoms with Crippen LogP contribution in [0.3, 0.4) is 0 Å². The first-order valence-electron chi connectivity index (χ1n) is 11.1. The van der Waals surface area contributed by atoms with Gasteiger partial charge in [-0.1, -0.05) is 49.7 Å². The van der Waals surface area contributed by atoms with Crippen molar-refractivity contribution in [3.63, 3.8) is 0 Å². The average molecular weight is 451 g/mol. The smallest absolute Gasteiger partial charge is 0.336 e. The number of hydrogen-bond donors (Lipinski definition) is 0. The number of nitro benzene ring substituents is 1. The number of hydrogen-bond acceptors (Lipinski definition) is 5. The second-order valence-electron chi connectivity index (χ2n) is 9.02.